The largest absolute Gasteiger partial charge is 0.472 e. The fraction of sp³-hybridized carbons (Fsp3) is 0.946. The van der Waals surface area contributed by atoms with Crippen molar-refractivity contribution in [1.29, 1.82) is 0 Å². The molecule has 0 aliphatic rings. The van der Waals surface area contributed by atoms with Crippen molar-refractivity contribution in [1.82, 2.24) is 0 Å². The van der Waals surface area contributed by atoms with Gasteiger partial charge in [0.05, 0.1) is 26.4 Å². The molecule has 0 aromatic heterocycles. The Morgan fingerprint density at radius 1 is 0.290 bits per heavy atom. The van der Waals surface area contributed by atoms with Crippen LogP contribution >= 0.6 is 15.6 Å². The van der Waals surface area contributed by atoms with Crippen LogP contribution in [0.2, 0.25) is 0 Å². The van der Waals surface area contributed by atoms with Crippen molar-refractivity contribution in [3.63, 3.8) is 0 Å². The van der Waals surface area contributed by atoms with Crippen molar-refractivity contribution in [2.45, 2.75) is 400 Å². The van der Waals surface area contributed by atoms with Crippen LogP contribution < -0.4 is 0 Å². The van der Waals surface area contributed by atoms with E-state index in [0.29, 0.717) is 31.6 Å². The SMILES string of the molecule is CCCCCCCCCCCCCCCCCC(=O)OC[C@H](COP(=O)(O)OC[C@@H](O)COP(=O)(O)OC[C@@H](COC(=O)CCCCCCCCCC)OC(=O)CCCCCCCCC(C)C)OC(=O)CCCCCCCCCCCCCCCCCCCCC(C)C. The number of hydrogen-bond donors (Lipinski definition) is 3. The van der Waals surface area contributed by atoms with Crippen LogP contribution in [0, 0.1) is 11.8 Å². The summed E-state index contributed by atoms with van der Waals surface area (Å²) < 4.78 is 68.3. The van der Waals surface area contributed by atoms with Gasteiger partial charge in [-0.2, -0.15) is 0 Å². The average molecular weight is 1370 g/mol. The summed E-state index contributed by atoms with van der Waals surface area (Å²) in [6.45, 7) is 9.49. The van der Waals surface area contributed by atoms with Crippen LogP contribution in [0.1, 0.15) is 382 Å². The Labute approximate surface area is 568 Å². The molecule has 0 spiro atoms. The van der Waals surface area contributed by atoms with Crippen LogP contribution in [0.15, 0.2) is 0 Å². The third-order valence-corrected chi connectivity index (χ3v) is 19.1. The minimum Gasteiger partial charge on any atom is -0.462 e. The van der Waals surface area contributed by atoms with Gasteiger partial charge >= 0.3 is 39.5 Å². The quantitative estimate of drug-likeness (QED) is 0.0222. The molecule has 3 N–H and O–H groups in total. The fourth-order valence-corrected chi connectivity index (χ4v) is 12.9. The molecule has 19 heteroatoms. The smallest absolute Gasteiger partial charge is 0.462 e. The highest BCUT2D eigenvalue weighted by Crippen LogP contribution is 2.45. The van der Waals surface area contributed by atoms with Crippen molar-refractivity contribution in [2.24, 2.45) is 11.8 Å². The van der Waals surface area contributed by atoms with Gasteiger partial charge in [0.25, 0.3) is 0 Å². The molecule has 2 unspecified atom stereocenters. The first-order valence-electron chi connectivity index (χ1n) is 38.5. The van der Waals surface area contributed by atoms with E-state index >= 15 is 0 Å². The highest BCUT2D eigenvalue weighted by Gasteiger charge is 2.30. The molecule has 0 rings (SSSR count). The summed E-state index contributed by atoms with van der Waals surface area (Å²) in [5, 5.41) is 10.6. The molecule has 0 aliphatic carbocycles. The topological polar surface area (TPSA) is 237 Å². The van der Waals surface area contributed by atoms with E-state index in [2.05, 4.69) is 41.5 Å². The summed E-state index contributed by atoms with van der Waals surface area (Å²) in [5.41, 5.74) is 0. The van der Waals surface area contributed by atoms with Crippen molar-refractivity contribution < 1.29 is 80.2 Å². The Morgan fingerprint density at radius 2 is 0.495 bits per heavy atom. The fourth-order valence-electron chi connectivity index (χ4n) is 11.3. The van der Waals surface area contributed by atoms with Gasteiger partial charge in [-0.15, -0.1) is 0 Å². The molecule has 93 heavy (non-hydrogen) atoms. The van der Waals surface area contributed by atoms with Crippen LogP contribution in [0.25, 0.3) is 0 Å². The number of carbonyl (C=O) groups is 4. The van der Waals surface area contributed by atoms with Gasteiger partial charge in [0.1, 0.15) is 19.3 Å². The number of aliphatic hydroxyl groups excluding tert-OH is 1. The summed E-state index contributed by atoms with van der Waals surface area (Å²) >= 11 is 0. The summed E-state index contributed by atoms with van der Waals surface area (Å²) in [6, 6.07) is 0. The predicted molar refractivity (Wildman–Crippen MR) is 377 cm³/mol. The van der Waals surface area contributed by atoms with E-state index in [4.69, 9.17) is 37.0 Å². The third-order valence-electron chi connectivity index (χ3n) is 17.2. The molecule has 5 atom stereocenters. The first kappa shape index (κ1) is 91.1. The van der Waals surface area contributed by atoms with Crippen molar-refractivity contribution in [3.8, 4) is 0 Å². The molecule has 0 aromatic rings. The minimum absolute atomic E-state index is 0.102. The number of rotatable bonds is 73. The molecule has 552 valence electrons. The number of ether oxygens (including phenoxy) is 4. The number of phosphoric acid groups is 2. The van der Waals surface area contributed by atoms with Gasteiger partial charge in [0, 0.05) is 25.7 Å². The van der Waals surface area contributed by atoms with Crippen LogP contribution in [0.4, 0.5) is 0 Å². The van der Waals surface area contributed by atoms with E-state index in [1.807, 2.05) is 0 Å². The lowest BCUT2D eigenvalue weighted by molar-refractivity contribution is -0.161. The zero-order valence-electron chi connectivity index (χ0n) is 60.6. The molecule has 0 radical (unpaired) electrons. The molecule has 17 nitrogen and oxygen atoms in total. The number of esters is 4. The molecule has 0 amide bonds. The maximum atomic E-state index is 13.1. The summed E-state index contributed by atoms with van der Waals surface area (Å²) in [4.78, 5) is 72.5. The number of phosphoric ester groups is 2. The molecular weight excluding hydrogens is 1220 g/mol. The number of hydrogen-bond acceptors (Lipinski definition) is 15. The highest BCUT2D eigenvalue weighted by atomic mass is 31.2. The minimum atomic E-state index is -4.95. The van der Waals surface area contributed by atoms with Crippen LogP contribution in [0.5, 0.6) is 0 Å². The summed E-state index contributed by atoms with van der Waals surface area (Å²) in [5.74, 6) is -0.636. The molecule has 0 heterocycles. The molecule has 0 saturated carbocycles. The lowest BCUT2D eigenvalue weighted by atomic mass is 10.0. The Bertz CT molecular complexity index is 1800. The second-order valence-corrected chi connectivity index (χ2v) is 30.5. The second kappa shape index (κ2) is 66.0. The zero-order chi connectivity index (χ0) is 68.6. The van der Waals surface area contributed by atoms with Gasteiger partial charge in [-0.1, -0.05) is 330 Å². The van der Waals surface area contributed by atoms with Crippen LogP contribution in [-0.2, 0) is 65.4 Å². The van der Waals surface area contributed by atoms with Crippen LogP contribution in [-0.4, -0.2) is 96.7 Å². The van der Waals surface area contributed by atoms with Gasteiger partial charge in [-0.25, -0.2) is 9.13 Å². The van der Waals surface area contributed by atoms with E-state index in [0.717, 1.165) is 102 Å². The highest BCUT2D eigenvalue weighted by molar-refractivity contribution is 7.47. The molecule has 0 fully saturated rings. The zero-order valence-corrected chi connectivity index (χ0v) is 62.3. The first-order valence-corrected chi connectivity index (χ1v) is 41.5. The first-order chi connectivity index (χ1) is 44.9. The van der Waals surface area contributed by atoms with Gasteiger partial charge in [-0.05, 0) is 37.5 Å². The van der Waals surface area contributed by atoms with Crippen molar-refractivity contribution >= 4 is 39.5 Å². The third kappa shape index (κ3) is 68.4. The maximum Gasteiger partial charge on any atom is 0.472 e. The predicted octanol–water partition coefficient (Wildman–Crippen LogP) is 21.6. The molecular formula is C74H144O17P2. The van der Waals surface area contributed by atoms with Gasteiger partial charge in [0.2, 0.25) is 0 Å². The molecule has 0 bridgehead atoms. The summed E-state index contributed by atoms with van der Waals surface area (Å²) in [6.07, 6.45) is 53.1. The molecule has 0 saturated heterocycles. The normalized spacial score (nSPS) is 14.1. The van der Waals surface area contributed by atoms with Gasteiger partial charge < -0.3 is 33.8 Å². The molecule has 0 aliphatic heterocycles. The standard InChI is InChI=1S/C74H144O17P2/c1-7-9-11-13-15-17-18-19-24-28-31-34-38-45-51-57-72(77)85-62-69(90-73(78)58-52-46-39-35-32-29-26-23-21-20-22-25-27-30-33-36-42-48-54-66(3)4)64-88-92(80,81)86-60-68(75)61-87-93(82,83)89-65-70(63-84-71(76)56-50-44-37-16-14-12-10-8-2)91-74(79)59-53-47-41-40-43-49-55-67(5)6/h66-70,75H,7-65H2,1-6H3,(H,80,81)(H,82,83)/t68-,69-,70-/m1/s1. The van der Waals surface area contributed by atoms with E-state index in [9.17, 15) is 43.2 Å². The molecule has 0 aromatic carbocycles. The Kier molecular flexibility index (Phi) is 64.6. The van der Waals surface area contributed by atoms with Crippen molar-refractivity contribution in [3.05, 3.63) is 0 Å². The van der Waals surface area contributed by atoms with Crippen molar-refractivity contribution in [2.75, 3.05) is 39.6 Å². The second-order valence-electron chi connectivity index (χ2n) is 27.6. The number of carbonyl (C=O) groups excluding carboxylic acids is 4. The lowest BCUT2D eigenvalue weighted by Crippen LogP contribution is -2.30. The van der Waals surface area contributed by atoms with E-state index in [-0.39, 0.29) is 25.7 Å². The maximum absolute atomic E-state index is 13.1. The monoisotopic (exact) mass is 1370 g/mol. The summed E-state index contributed by atoms with van der Waals surface area (Å²) in [7, 11) is -9.90. The van der Waals surface area contributed by atoms with E-state index in [1.54, 1.807) is 0 Å². The van der Waals surface area contributed by atoms with E-state index < -0.39 is 97.5 Å². The lowest BCUT2D eigenvalue weighted by Gasteiger charge is -2.21. The van der Waals surface area contributed by atoms with Gasteiger partial charge in [-0.3, -0.25) is 37.3 Å². The van der Waals surface area contributed by atoms with Gasteiger partial charge in [0.15, 0.2) is 12.2 Å². The van der Waals surface area contributed by atoms with E-state index in [1.165, 1.54) is 193 Å². The average Bonchev–Trinajstić information content (AvgIpc) is 3.74. The number of unbranched alkanes of at least 4 members (excludes halogenated alkanes) is 43. The number of aliphatic hydroxyl groups is 1. The Hall–Kier alpha value is -1.94. The Morgan fingerprint density at radius 3 is 0.731 bits per heavy atom. The van der Waals surface area contributed by atoms with Crippen LogP contribution in [0.3, 0.4) is 0 Å². The Balaban J connectivity index is 5.16.